The molecule has 0 aromatic heterocycles. The maximum atomic E-state index is 12.1. The van der Waals surface area contributed by atoms with Gasteiger partial charge in [0.15, 0.2) is 0 Å². The van der Waals surface area contributed by atoms with E-state index in [0.29, 0.717) is 13.2 Å². The molecule has 2 atom stereocenters. The Kier molecular flexibility index (Phi) is 6.41. The van der Waals surface area contributed by atoms with Crippen molar-refractivity contribution in [1.29, 1.82) is 0 Å². The molecule has 126 valence electrons. The summed E-state index contributed by atoms with van der Waals surface area (Å²) in [5.74, 6) is 0. The van der Waals surface area contributed by atoms with E-state index in [-0.39, 0.29) is 25.2 Å². The van der Waals surface area contributed by atoms with E-state index >= 15 is 0 Å². The number of rotatable bonds is 6. The van der Waals surface area contributed by atoms with Crippen molar-refractivity contribution in [2.24, 2.45) is 0 Å². The van der Waals surface area contributed by atoms with Crippen molar-refractivity contribution < 1.29 is 26.3 Å². The number of hydrogen-bond acceptors (Lipinski definition) is 4. The number of methoxy groups -OCH3 is 1. The number of piperazine rings is 1. The van der Waals surface area contributed by atoms with E-state index in [1.165, 1.54) is 0 Å². The lowest BCUT2D eigenvalue weighted by molar-refractivity contribution is -0.121. The molecule has 1 N–H and O–H groups in total. The monoisotopic (exact) mass is 333 g/mol. The lowest BCUT2D eigenvalue weighted by Crippen LogP contribution is -2.60. The highest BCUT2D eigenvalue weighted by atomic mass is 32.2. The topological polar surface area (TPSA) is 61.9 Å². The first-order chi connectivity index (χ1) is 9.57. The Morgan fingerprint density at radius 2 is 1.76 bits per heavy atom. The van der Waals surface area contributed by atoms with Gasteiger partial charge in [0.25, 0.3) is 10.2 Å². The third kappa shape index (κ3) is 5.70. The number of halogens is 3. The van der Waals surface area contributed by atoms with Crippen molar-refractivity contribution in [3.63, 3.8) is 0 Å². The Hall–Kier alpha value is -0.420. The fourth-order valence-electron chi connectivity index (χ4n) is 2.41. The largest absolute Gasteiger partial charge is 0.402 e. The number of nitrogens with zero attached hydrogens (tertiary/aromatic N) is 2. The molecule has 0 aromatic carbocycles. The van der Waals surface area contributed by atoms with E-state index in [4.69, 9.17) is 4.74 Å². The molecule has 21 heavy (non-hydrogen) atoms. The van der Waals surface area contributed by atoms with E-state index in [0.717, 1.165) is 4.31 Å². The van der Waals surface area contributed by atoms with E-state index in [2.05, 4.69) is 4.90 Å². The third-order valence-corrected chi connectivity index (χ3v) is 4.90. The minimum Gasteiger partial charge on any atom is -0.383 e. The summed E-state index contributed by atoms with van der Waals surface area (Å²) >= 11 is 0. The van der Waals surface area contributed by atoms with Crippen LogP contribution in [0.5, 0.6) is 0 Å². The summed E-state index contributed by atoms with van der Waals surface area (Å²) in [6.45, 7) is 3.62. The minimum atomic E-state index is -4.56. The molecule has 1 aliphatic rings. The van der Waals surface area contributed by atoms with E-state index in [1.807, 2.05) is 13.8 Å². The molecule has 1 rings (SSSR count). The molecule has 0 bridgehead atoms. The van der Waals surface area contributed by atoms with E-state index < -0.39 is 22.9 Å². The first-order valence-electron chi connectivity index (χ1n) is 6.63. The highest BCUT2D eigenvalue weighted by Crippen LogP contribution is 2.19. The molecule has 1 saturated heterocycles. The molecule has 1 fully saturated rings. The Labute approximate surface area is 123 Å². The number of nitrogens with one attached hydrogen (secondary N) is 1. The molecular weight excluding hydrogens is 311 g/mol. The van der Waals surface area contributed by atoms with Gasteiger partial charge in [-0.2, -0.15) is 30.6 Å². The molecule has 0 radical (unpaired) electrons. The van der Waals surface area contributed by atoms with Crippen LogP contribution in [0.3, 0.4) is 0 Å². The Bertz CT molecular complexity index is 418. The van der Waals surface area contributed by atoms with Gasteiger partial charge in [-0.15, -0.1) is 0 Å². The summed E-state index contributed by atoms with van der Waals surface area (Å²) in [6, 6.07) is -0.183. The van der Waals surface area contributed by atoms with Crippen LogP contribution in [0.4, 0.5) is 13.2 Å². The highest BCUT2D eigenvalue weighted by molar-refractivity contribution is 7.87. The van der Waals surface area contributed by atoms with Crippen LogP contribution in [0.25, 0.3) is 0 Å². The first-order valence-corrected chi connectivity index (χ1v) is 8.07. The quantitative estimate of drug-likeness (QED) is 0.765. The van der Waals surface area contributed by atoms with Crippen molar-refractivity contribution in [3.05, 3.63) is 0 Å². The number of ether oxygens (including phenoxy) is 1. The van der Waals surface area contributed by atoms with Crippen LogP contribution in [-0.2, 0) is 14.9 Å². The fraction of sp³-hybridized carbons (Fsp3) is 1.00. The van der Waals surface area contributed by atoms with Crippen LogP contribution in [0.15, 0.2) is 0 Å². The predicted molar refractivity (Wildman–Crippen MR) is 72.1 cm³/mol. The van der Waals surface area contributed by atoms with Crippen molar-refractivity contribution in [2.45, 2.75) is 32.1 Å². The summed E-state index contributed by atoms with van der Waals surface area (Å²) in [4.78, 5) is 2.08. The zero-order valence-electron chi connectivity index (χ0n) is 12.4. The van der Waals surface area contributed by atoms with Gasteiger partial charge in [-0.1, -0.05) is 0 Å². The Morgan fingerprint density at radius 3 is 2.19 bits per heavy atom. The second kappa shape index (κ2) is 7.23. The molecule has 0 spiro atoms. The summed E-state index contributed by atoms with van der Waals surface area (Å²) in [5, 5.41) is 0. The third-order valence-electron chi connectivity index (χ3n) is 3.42. The summed E-state index contributed by atoms with van der Waals surface area (Å²) < 4.78 is 67.9. The fourth-order valence-corrected chi connectivity index (χ4v) is 3.76. The van der Waals surface area contributed by atoms with E-state index in [9.17, 15) is 21.6 Å². The predicted octanol–water partition coefficient (Wildman–Crippen LogP) is 0.424. The number of hydrogen-bond donors (Lipinski definition) is 1. The van der Waals surface area contributed by atoms with E-state index in [1.54, 1.807) is 11.8 Å². The molecular formula is C11H22F3N3O3S. The minimum absolute atomic E-state index is 0.0913. The van der Waals surface area contributed by atoms with Gasteiger partial charge in [-0.3, -0.25) is 4.90 Å². The lowest BCUT2D eigenvalue weighted by Gasteiger charge is -2.43. The molecule has 0 aromatic rings. The van der Waals surface area contributed by atoms with Gasteiger partial charge in [-0.25, -0.2) is 0 Å². The molecule has 1 aliphatic heterocycles. The van der Waals surface area contributed by atoms with Crippen molar-refractivity contribution in [1.82, 2.24) is 13.9 Å². The van der Waals surface area contributed by atoms with Gasteiger partial charge in [0.05, 0.1) is 6.61 Å². The van der Waals surface area contributed by atoms with Crippen LogP contribution in [0.1, 0.15) is 13.8 Å². The van der Waals surface area contributed by atoms with Gasteiger partial charge >= 0.3 is 6.18 Å². The molecule has 0 unspecified atom stereocenters. The average Bonchev–Trinajstić information content (AvgIpc) is 2.35. The smallest absolute Gasteiger partial charge is 0.383 e. The standard InChI is InChI=1S/C11H22F3N3O3S/c1-9-6-16(7-10(2)17(9)4-5-20-3)21(18,19)15-8-11(12,13)14/h9-10,15H,4-8H2,1-3H3/t9-,10-/m1/s1. The van der Waals surface area contributed by atoms with Crippen molar-refractivity contribution in [3.8, 4) is 0 Å². The highest BCUT2D eigenvalue weighted by Gasteiger charge is 2.37. The molecule has 0 amide bonds. The van der Waals surface area contributed by atoms with Gasteiger partial charge in [-0.05, 0) is 13.8 Å². The Balaban J connectivity index is 2.66. The molecule has 0 saturated carbocycles. The van der Waals surface area contributed by atoms with Gasteiger partial charge < -0.3 is 4.74 Å². The molecule has 6 nitrogen and oxygen atoms in total. The number of alkyl halides is 3. The first kappa shape index (κ1) is 18.6. The van der Waals surface area contributed by atoms with Crippen LogP contribution < -0.4 is 4.72 Å². The van der Waals surface area contributed by atoms with Crippen LogP contribution in [0.2, 0.25) is 0 Å². The van der Waals surface area contributed by atoms with Gasteiger partial charge in [0.1, 0.15) is 6.54 Å². The van der Waals surface area contributed by atoms with Gasteiger partial charge in [0.2, 0.25) is 0 Å². The Morgan fingerprint density at radius 1 is 1.24 bits per heavy atom. The van der Waals surface area contributed by atoms with Crippen LogP contribution in [0, 0.1) is 0 Å². The second-order valence-corrected chi connectivity index (χ2v) is 6.94. The summed E-state index contributed by atoms with van der Waals surface area (Å²) in [7, 11) is -2.54. The maximum absolute atomic E-state index is 12.1. The van der Waals surface area contributed by atoms with Crippen LogP contribution >= 0.6 is 0 Å². The van der Waals surface area contributed by atoms with Crippen LogP contribution in [-0.4, -0.2) is 75.8 Å². The molecule has 1 heterocycles. The lowest BCUT2D eigenvalue weighted by atomic mass is 10.1. The zero-order valence-corrected chi connectivity index (χ0v) is 13.2. The average molecular weight is 333 g/mol. The normalized spacial score (nSPS) is 26.2. The second-order valence-electron chi connectivity index (χ2n) is 5.19. The molecule has 10 heteroatoms. The zero-order chi connectivity index (χ0) is 16.3. The van der Waals surface area contributed by atoms with Crippen molar-refractivity contribution >= 4 is 10.2 Å². The summed E-state index contributed by atoms with van der Waals surface area (Å²) in [6.07, 6.45) is -4.56. The van der Waals surface area contributed by atoms with Gasteiger partial charge in [0, 0.05) is 38.8 Å². The molecule has 0 aliphatic carbocycles. The maximum Gasteiger partial charge on any atom is 0.402 e. The van der Waals surface area contributed by atoms with Crippen molar-refractivity contribution in [2.75, 3.05) is 39.9 Å². The SMILES string of the molecule is COCCN1[C@H](C)CN(S(=O)(=O)NCC(F)(F)F)C[C@H]1C. The summed E-state index contributed by atoms with van der Waals surface area (Å²) in [5.41, 5.74) is 0.